The minimum atomic E-state index is -2.43. The molecule has 33 unspecified atom stereocenters. The highest BCUT2D eigenvalue weighted by Crippen LogP contribution is 2.37. The average Bonchev–Trinajstić information content (AvgIpc) is 1.57. The Hall–Kier alpha value is -2.71. The molecule has 37 nitrogen and oxygen atoms in total. The molecule has 37 heteroatoms. The fraction of sp³-hybridized carbons (Fsp3) is 0.857. The summed E-state index contributed by atoms with van der Waals surface area (Å²) < 4.78 is 79.1. The molecule has 7 fully saturated rings. The van der Waals surface area contributed by atoms with Gasteiger partial charge in [0.05, 0.1) is 51.8 Å². The van der Waals surface area contributed by atoms with E-state index in [4.69, 9.17) is 66.3 Å². The third-order valence-corrected chi connectivity index (χ3v) is 15.7. The molecule has 0 aliphatic carbocycles. The van der Waals surface area contributed by atoms with E-state index in [-0.39, 0.29) is 5.56 Å². The van der Waals surface area contributed by atoms with Gasteiger partial charge in [-0.3, -0.25) is 0 Å². The number of aliphatic hydroxyl groups excluding tert-OH is 22. The second kappa shape index (κ2) is 30.2. The molecule has 494 valence electrons. The molecular weight excluding hydrogens is 1180 g/mol. The van der Waals surface area contributed by atoms with Crippen molar-refractivity contribution < 1.29 is 183 Å². The van der Waals surface area contributed by atoms with E-state index in [0.29, 0.717) is 0 Å². The number of aliphatic hydroxyl groups is 22. The number of carbonyl (C=O) groups is 1. The van der Waals surface area contributed by atoms with Gasteiger partial charge in [-0.15, -0.1) is 0 Å². The Morgan fingerprint density at radius 3 is 1.06 bits per heavy atom. The zero-order valence-electron chi connectivity index (χ0n) is 45.0. The highest BCUT2D eigenvalue weighted by molar-refractivity contribution is 5.89. The van der Waals surface area contributed by atoms with Crippen molar-refractivity contribution in [2.24, 2.45) is 0 Å². The van der Waals surface area contributed by atoms with Gasteiger partial charge in [0.15, 0.2) is 50.1 Å². The summed E-state index contributed by atoms with van der Waals surface area (Å²) in [5.41, 5.74) is -0.0332. The lowest BCUT2D eigenvalue weighted by Gasteiger charge is -2.50. The Kier molecular flexibility index (Phi) is 24.3. The first-order chi connectivity index (χ1) is 40.9. The molecule has 7 aliphatic heterocycles. The van der Waals surface area contributed by atoms with E-state index in [0.717, 1.165) is 0 Å². The highest BCUT2D eigenvalue weighted by atomic mass is 16.8. The highest BCUT2D eigenvalue weighted by Gasteiger charge is 2.58. The Balaban J connectivity index is 1.06. The van der Waals surface area contributed by atoms with Gasteiger partial charge >= 0.3 is 5.97 Å². The van der Waals surface area contributed by atoms with Crippen molar-refractivity contribution >= 4 is 5.97 Å². The van der Waals surface area contributed by atoms with Crippen LogP contribution in [0.1, 0.15) is 10.4 Å². The van der Waals surface area contributed by atoms with Gasteiger partial charge in [0.1, 0.15) is 165 Å². The van der Waals surface area contributed by atoms with Crippen LogP contribution in [0, 0.1) is 0 Å². The van der Waals surface area contributed by atoms with Crippen LogP contribution in [0.15, 0.2) is 30.3 Å². The van der Waals surface area contributed by atoms with Crippen molar-refractivity contribution in [1.29, 1.82) is 0 Å². The molecule has 1 aromatic carbocycles. The van der Waals surface area contributed by atoms with Crippen molar-refractivity contribution in [2.75, 3.05) is 46.2 Å². The number of ether oxygens (including phenoxy) is 14. The quantitative estimate of drug-likeness (QED) is 0.0508. The summed E-state index contributed by atoms with van der Waals surface area (Å²) in [6.45, 7) is -6.86. The fourth-order valence-electron chi connectivity index (χ4n) is 10.6. The minimum Gasteiger partial charge on any atom is -0.450 e. The van der Waals surface area contributed by atoms with Crippen LogP contribution in [0.5, 0.6) is 0 Å². The zero-order chi connectivity index (χ0) is 62.7. The van der Waals surface area contributed by atoms with Crippen molar-refractivity contribution in [2.45, 2.75) is 215 Å². The summed E-state index contributed by atoms with van der Waals surface area (Å²) in [6.07, 6.45) is -71.3. The van der Waals surface area contributed by atoms with Crippen LogP contribution in [0.4, 0.5) is 0 Å². The summed E-state index contributed by atoms with van der Waals surface area (Å²) in [5, 5.41) is 238. The number of rotatable bonds is 21. The van der Waals surface area contributed by atoms with E-state index in [1.165, 1.54) is 24.3 Å². The second-order valence-corrected chi connectivity index (χ2v) is 21.4. The maximum absolute atomic E-state index is 13.2. The van der Waals surface area contributed by atoms with Gasteiger partial charge in [-0.05, 0) is 12.1 Å². The first-order valence-corrected chi connectivity index (χ1v) is 27.2. The van der Waals surface area contributed by atoms with E-state index in [2.05, 4.69) is 0 Å². The van der Waals surface area contributed by atoms with Crippen LogP contribution >= 0.6 is 0 Å². The van der Waals surface area contributed by atoms with E-state index in [1.54, 1.807) is 6.07 Å². The van der Waals surface area contributed by atoms with E-state index >= 15 is 0 Å². The van der Waals surface area contributed by atoms with Crippen LogP contribution in [-0.4, -0.2) is 380 Å². The molecule has 1 aromatic rings. The van der Waals surface area contributed by atoms with E-state index < -0.39 is 267 Å². The molecule has 22 N–H and O–H groups in total. The van der Waals surface area contributed by atoms with Crippen molar-refractivity contribution in [3.05, 3.63) is 35.9 Å². The molecule has 7 aliphatic rings. The molecule has 0 radical (unpaired) electrons. The summed E-state index contributed by atoms with van der Waals surface area (Å²) in [7, 11) is 0. The second-order valence-electron chi connectivity index (χ2n) is 21.4. The molecule has 86 heavy (non-hydrogen) atoms. The van der Waals surface area contributed by atoms with E-state index in [1.807, 2.05) is 0 Å². The van der Waals surface area contributed by atoms with Gasteiger partial charge in [0.2, 0.25) is 0 Å². The predicted molar refractivity (Wildman–Crippen MR) is 261 cm³/mol. The summed E-state index contributed by atoms with van der Waals surface area (Å²) in [6, 6.07) is 7.25. The van der Waals surface area contributed by atoms with Gasteiger partial charge in [-0.2, -0.15) is 0 Å². The Bertz CT molecular complexity index is 2230. The van der Waals surface area contributed by atoms with Crippen LogP contribution in [0.25, 0.3) is 0 Å². The van der Waals surface area contributed by atoms with Crippen LogP contribution in [0.3, 0.4) is 0 Å². The standard InChI is InChI=1S/C49H76O37/c50-6-14-21(55)28(62)31(65)44(76-14)73-11-19-26(60)39(84-45-32(66)29(63)22(56)15(7-51)77-45)35(69)48(80-19)85-38-25(59)18(10-54)78-46(34(38)68)86-40-27(61)20(81-47(36(40)70)83-37-24(58)17(9-53)75-43(72)33(37)67)12-74-49-41(30(64)23(57)16(8-52)79-49)82-42(71)13-4-2-1-3-5-13/h1-5,14-41,43-70,72H,6-12H2/t14?,15?,16?,17?,18?,19?,20?,21?,22?,23?,24?,25?,26-,27-,28?,29?,30?,31?,32?,33?,34?,35?,36?,37?,38?,39?,40?,41?,43?,44?,45?,46?,47?,48?,49?/m1/s1. The molecule has 7 saturated heterocycles. The van der Waals surface area contributed by atoms with Crippen LogP contribution < -0.4 is 0 Å². The van der Waals surface area contributed by atoms with Gasteiger partial charge in [0, 0.05) is 0 Å². The Morgan fingerprint density at radius 2 is 0.628 bits per heavy atom. The largest absolute Gasteiger partial charge is 0.450 e. The summed E-state index contributed by atoms with van der Waals surface area (Å²) in [5.74, 6) is -1.05. The number of esters is 1. The molecule has 7 heterocycles. The van der Waals surface area contributed by atoms with Crippen LogP contribution in [-0.2, 0) is 66.3 Å². The maximum Gasteiger partial charge on any atom is 0.338 e. The van der Waals surface area contributed by atoms with E-state index in [9.17, 15) is 117 Å². The maximum atomic E-state index is 13.2. The summed E-state index contributed by atoms with van der Waals surface area (Å²) >= 11 is 0. The molecule has 0 saturated carbocycles. The fourth-order valence-corrected chi connectivity index (χ4v) is 10.6. The molecule has 0 spiro atoms. The van der Waals surface area contributed by atoms with Gasteiger partial charge in [-0.25, -0.2) is 4.79 Å². The first kappa shape index (κ1) is 69.2. The monoisotopic (exact) mass is 1260 g/mol. The number of hydrogen-bond acceptors (Lipinski definition) is 37. The minimum absolute atomic E-state index is 0.0332. The number of benzene rings is 1. The Labute approximate surface area is 485 Å². The van der Waals surface area contributed by atoms with Crippen molar-refractivity contribution in [3.8, 4) is 0 Å². The number of carbonyl (C=O) groups excluding carboxylic acids is 1. The van der Waals surface area contributed by atoms with Crippen molar-refractivity contribution in [3.63, 3.8) is 0 Å². The van der Waals surface area contributed by atoms with Crippen molar-refractivity contribution in [1.82, 2.24) is 0 Å². The first-order valence-electron chi connectivity index (χ1n) is 27.2. The average molecular weight is 1260 g/mol. The van der Waals surface area contributed by atoms with Crippen LogP contribution in [0.2, 0.25) is 0 Å². The molecule has 8 rings (SSSR count). The Morgan fingerprint density at radius 1 is 0.314 bits per heavy atom. The predicted octanol–water partition coefficient (Wildman–Crippen LogP) is -14.4. The SMILES string of the molecule is O=C(OC1C(OCC2OC(OC3C(O)C(O)OC(CO)C3O)C(O)C(OC3OC(CO)C(O)C(OC4OC(COC5OC(CO)C(O)C(O)C5O)[C@@H](O)C(OC5OC(CO)C(O)C(O)C5O)C4O)C3O)[C@@H]2O)OC(CO)C(O)C1O)c1ccccc1. The normalized spacial score (nSPS) is 49.5. The topological polar surface area (TPSA) is 591 Å². The molecule has 35 atom stereocenters. The molecule has 0 bridgehead atoms. The van der Waals surface area contributed by atoms with Gasteiger partial charge < -0.3 is 179 Å². The lowest BCUT2D eigenvalue weighted by molar-refractivity contribution is -0.398. The lowest BCUT2D eigenvalue weighted by atomic mass is 9.95. The number of hydrogen-bond donors (Lipinski definition) is 22. The van der Waals surface area contributed by atoms with Gasteiger partial charge in [-0.1, -0.05) is 18.2 Å². The van der Waals surface area contributed by atoms with Gasteiger partial charge in [0.25, 0.3) is 0 Å². The molecule has 0 aromatic heterocycles. The zero-order valence-corrected chi connectivity index (χ0v) is 45.0. The molecule has 0 amide bonds. The molecular formula is C49H76O37. The third-order valence-electron chi connectivity index (χ3n) is 15.7. The smallest absolute Gasteiger partial charge is 0.338 e. The summed E-state index contributed by atoms with van der Waals surface area (Å²) in [4.78, 5) is 13.2. The lowest BCUT2D eigenvalue weighted by Crippen LogP contribution is -2.68. The third kappa shape index (κ3) is 14.6.